The van der Waals surface area contributed by atoms with Crippen LogP contribution in [0.5, 0.6) is 5.75 Å². The molecule has 0 bridgehead atoms. The second-order valence-corrected chi connectivity index (χ2v) is 7.68. The van der Waals surface area contributed by atoms with Crippen molar-refractivity contribution in [3.05, 3.63) is 78.4 Å². The molecule has 0 aliphatic rings. The fourth-order valence-corrected chi connectivity index (χ4v) is 3.86. The van der Waals surface area contributed by atoms with Crippen molar-refractivity contribution in [3.8, 4) is 16.9 Å². The van der Waals surface area contributed by atoms with Gasteiger partial charge in [0, 0.05) is 40.3 Å². The first-order valence-corrected chi connectivity index (χ1v) is 10.2. The molecule has 0 aliphatic heterocycles. The molecule has 2 aromatic carbocycles. The van der Waals surface area contributed by atoms with Gasteiger partial charge < -0.3 is 20.6 Å². The Morgan fingerprint density at radius 2 is 1.94 bits per heavy atom. The minimum Gasteiger partial charge on any atom is -0.490 e. The molecule has 0 saturated carbocycles. The maximum atomic E-state index is 11.4. The largest absolute Gasteiger partial charge is 0.490 e. The zero-order chi connectivity index (χ0) is 22.1. The van der Waals surface area contributed by atoms with E-state index in [0.29, 0.717) is 29.7 Å². The number of rotatable bonds is 7. The number of aromatic amines is 2. The summed E-state index contributed by atoms with van der Waals surface area (Å²) in [4.78, 5) is 18.9. The van der Waals surface area contributed by atoms with Crippen LogP contribution in [0.15, 0.2) is 67.1 Å². The monoisotopic (exact) mass is 427 g/mol. The third-order valence-electron chi connectivity index (χ3n) is 5.43. The molecule has 160 valence electrons. The molecule has 5 rings (SSSR count). The number of fused-ring (bicyclic) bond motifs is 2. The number of carboxylic acids is 1. The van der Waals surface area contributed by atoms with Crippen LogP contribution in [0.25, 0.3) is 32.9 Å². The average molecular weight is 427 g/mol. The van der Waals surface area contributed by atoms with Crippen molar-refractivity contribution in [2.75, 3.05) is 6.61 Å². The van der Waals surface area contributed by atoms with Crippen LogP contribution in [0, 0.1) is 0 Å². The summed E-state index contributed by atoms with van der Waals surface area (Å²) in [6.07, 6.45) is 6.03. The Bertz CT molecular complexity index is 1420. The van der Waals surface area contributed by atoms with Crippen molar-refractivity contribution in [1.82, 2.24) is 20.2 Å². The molecule has 0 saturated heterocycles. The second-order valence-electron chi connectivity index (χ2n) is 7.68. The van der Waals surface area contributed by atoms with Gasteiger partial charge in [-0.05, 0) is 41.8 Å². The van der Waals surface area contributed by atoms with E-state index in [1.54, 1.807) is 24.5 Å². The highest BCUT2D eigenvalue weighted by Gasteiger charge is 2.14. The molecular weight excluding hydrogens is 406 g/mol. The number of aromatic nitrogens is 4. The summed E-state index contributed by atoms with van der Waals surface area (Å²) in [5.74, 6) is -0.476. The number of nitrogens with zero attached hydrogens (tertiary/aromatic N) is 2. The van der Waals surface area contributed by atoms with Gasteiger partial charge in [-0.3, -0.25) is 10.1 Å². The minimum atomic E-state index is -1.08. The smallest absolute Gasteiger partial charge is 0.357 e. The van der Waals surface area contributed by atoms with E-state index in [0.717, 1.165) is 22.2 Å². The summed E-state index contributed by atoms with van der Waals surface area (Å²) < 4.78 is 5.91. The predicted molar refractivity (Wildman–Crippen MR) is 122 cm³/mol. The lowest BCUT2D eigenvalue weighted by Gasteiger charge is -2.13. The number of nitrogens with one attached hydrogen (secondary N) is 2. The van der Waals surface area contributed by atoms with Gasteiger partial charge in [-0.2, -0.15) is 5.10 Å². The summed E-state index contributed by atoms with van der Waals surface area (Å²) in [7, 11) is 0. The quantitative estimate of drug-likeness (QED) is 0.313. The molecule has 0 spiro atoms. The molecule has 1 unspecified atom stereocenters. The number of carbonyl (C=O) groups is 1. The molecule has 8 nitrogen and oxygen atoms in total. The molecular formula is C24H21N5O3. The molecule has 0 amide bonds. The zero-order valence-electron chi connectivity index (χ0n) is 17.1. The first-order valence-electron chi connectivity index (χ1n) is 10.2. The van der Waals surface area contributed by atoms with Gasteiger partial charge in [-0.1, -0.05) is 24.3 Å². The highest BCUT2D eigenvalue weighted by Crippen LogP contribution is 2.27. The van der Waals surface area contributed by atoms with Gasteiger partial charge in [0.15, 0.2) is 5.69 Å². The van der Waals surface area contributed by atoms with E-state index in [4.69, 9.17) is 10.5 Å². The Morgan fingerprint density at radius 3 is 2.81 bits per heavy atom. The van der Waals surface area contributed by atoms with E-state index in [9.17, 15) is 9.90 Å². The third-order valence-corrected chi connectivity index (χ3v) is 5.43. The van der Waals surface area contributed by atoms with E-state index in [2.05, 4.69) is 26.2 Å². The van der Waals surface area contributed by atoms with E-state index >= 15 is 0 Å². The number of hydrogen-bond donors (Lipinski definition) is 4. The number of aromatic carboxylic acids is 1. The predicted octanol–water partition coefficient (Wildman–Crippen LogP) is 3.75. The molecule has 5 aromatic rings. The van der Waals surface area contributed by atoms with Gasteiger partial charge in [0.1, 0.15) is 12.4 Å². The zero-order valence-corrected chi connectivity index (χ0v) is 17.1. The van der Waals surface area contributed by atoms with Crippen LogP contribution in [-0.2, 0) is 6.42 Å². The maximum absolute atomic E-state index is 11.4. The van der Waals surface area contributed by atoms with Crippen molar-refractivity contribution in [2.24, 2.45) is 5.73 Å². The van der Waals surface area contributed by atoms with Gasteiger partial charge in [-0.15, -0.1) is 0 Å². The number of hydrogen-bond acceptors (Lipinski definition) is 5. The molecule has 5 N–H and O–H groups in total. The van der Waals surface area contributed by atoms with Crippen LogP contribution >= 0.6 is 0 Å². The number of ether oxygens (including phenoxy) is 1. The van der Waals surface area contributed by atoms with Crippen molar-refractivity contribution in [3.63, 3.8) is 0 Å². The van der Waals surface area contributed by atoms with Gasteiger partial charge in [-0.25, -0.2) is 4.79 Å². The van der Waals surface area contributed by atoms with E-state index in [1.807, 2.05) is 36.5 Å². The average Bonchev–Trinajstić information content (AvgIpc) is 3.42. The van der Waals surface area contributed by atoms with Gasteiger partial charge in [0.25, 0.3) is 0 Å². The third kappa shape index (κ3) is 3.79. The van der Waals surface area contributed by atoms with Crippen LogP contribution in [-0.4, -0.2) is 43.9 Å². The molecule has 0 fully saturated rings. The highest BCUT2D eigenvalue weighted by atomic mass is 16.5. The second kappa shape index (κ2) is 8.16. The Balaban J connectivity index is 1.30. The number of nitrogens with two attached hydrogens (primary N) is 1. The highest BCUT2D eigenvalue weighted by molar-refractivity contribution is 6.02. The summed E-state index contributed by atoms with van der Waals surface area (Å²) in [5.41, 5.74) is 10.9. The van der Waals surface area contributed by atoms with Gasteiger partial charge in [0.05, 0.1) is 11.7 Å². The molecule has 3 heterocycles. The maximum Gasteiger partial charge on any atom is 0.357 e. The van der Waals surface area contributed by atoms with Crippen LogP contribution in [0.2, 0.25) is 0 Å². The number of benzene rings is 2. The Hall–Kier alpha value is -4.17. The summed E-state index contributed by atoms with van der Waals surface area (Å²) >= 11 is 0. The number of pyridine rings is 1. The number of para-hydroxylation sites is 1. The Labute approximate surface area is 183 Å². The lowest BCUT2D eigenvalue weighted by Crippen LogP contribution is -2.30. The normalized spacial score (nSPS) is 12.3. The fraction of sp³-hybridized carbons (Fsp3) is 0.125. The van der Waals surface area contributed by atoms with E-state index in [1.165, 1.54) is 5.39 Å². The number of carboxylic acid groups (broad SMARTS) is 1. The SMILES string of the molecule is NC(COc1cncc(-c2ccc3[nH]nc(C(=O)O)c3c2)c1)Cc1c[nH]c2ccccc12. The Morgan fingerprint density at radius 1 is 1.06 bits per heavy atom. The van der Waals surface area contributed by atoms with Crippen LogP contribution in [0.4, 0.5) is 0 Å². The van der Waals surface area contributed by atoms with Crippen LogP contribution in [0.3, 0.4) is 0 Å². The number of H-pyrrole nitrogens is 2. The summed E-state index contributed by atoms with van der Waals surface area (Å²) in [5, 5.41) is 17.6. The van der Waals surface area contributed by atoms with Crippen molar-refractivity contribution in [2.45, 2.75) is 12.5 Å². The molecule has 8 heteroatoms. The first kappa shape index (κ1) is 19.8. The van der Waals surface area contributed by atoms with E-state index < -0.39 is 5.97 Å². The molecule has 1 atom stereocenters. The van der Waals surface area contributed by atoms with Crippen LogP contribution in [0.1, 0.15) is 16.1 Å². The topological polar surface area (TPSA) is 130 Å². The van der Waals surface area contributed by atoms with Crippen LogP contribution < -0.4 is 10.5 Å². The molecule has 3 aromatic heterocycles. The molecule has 0 aliphatic carbocycles. The fourth-order valence-electron chi connectivity index (χ4n) is 3.86. The standard InChI is InChI=1S/C24H21N5O3/c25-17(7-16-11-27-21-4-2-1-3-19(16)21)13-32-18-8-15(10-26-12-18)14-5-6-22-20(9-14)23(24(30)31)29-28-22/h1-6,8-12,17,27H,7,13,25H2,(H,28,29)(H,30,31). The summed E-state index contributed by atoms with van der Waals surface area (Å²) in [6.45, 7) is 0.342. The lowest BCUT2D eigenvalue weighted by molar-refractivity contribution is 0.0692. The molecule has 0 radical (unpaired) electrons. The lowest BCUT2D eigenvalue weighted by atomic mass is 10.0. The van der Waals surface area contributed by atoms with Crippen molar-refractivity contribution >= 4 is 27.8 Å². The summed E-state index contributed by atoms with van der Waals surface area (Å²) in [6, 6.07) is 15.3. The first-order chi connectivity index (χ1) is 15.6. The van der Waals surface area contributed by atoms with Crippen molar-refractivity contribution < 1.29 is 14.6 Å². The van der Waals surface area contributed by atoms with Gasteiger partial charge in [0.2, 0.25) is 0 Å². The van der Waals surface area contributed by atoms with E-state index in [-0.39, 0.29) is 11.7 Å². The van der Waals surface area contributed by atoms with Gasteiger partial charge >= 0.3 is 5.97 Å². The molecule has 32 heavy (non-hydrogen) atoms. The minimum absolute atomic E-state index is 0.00883. The Kier molecular flexibility index (Phi) is 5.04. The van der Waals surface area contributed by atoms with Crippen molar-refractivity contribution in [1.29, 1.82) is 0 Å².